The van der Waals surface area contributed by atoms with E-state index in [1.54, 1.807) is 6.20 Å². The zero-order chi connectivity index (χ0) is 14.2. The Kier molecular flexibility index (Phi) is 4.49. The van der Waals surface area contributed by atoms with Crippen LogP contribution in [0.2, 0.25) is 0 Å². The predicted molar refractivity (Wildman–Crippen MR) is 83.3 cm³/mol. The Morgan fingerprint density at radius 2 is 2.14 bits per heavy atom. The molecule has 114 valence electrons. The van der Waals surface area contributed by atoms with Crippen molar-refractivity contribution in [3.63, 3.8) is 0 Å². The number of rotatable bonds is 4. The van der Waals surface area contributed by atoms with E-state index < -0.39 is 5.54 Å². The first kappa shape index (κ1) is 15.7. The van der Waals surface area contributed by atoms with Gasteiger partial charge in [0.25, 0.3) is 5.89 Å². The summed E-state index contributed by atoms with van der Waals surface area (Å²) in [6, 6.07) is 4.05. The van der Waals surface area contributed by atoms with Crippen molar-refractivity contribution in [2.75, 3.05) is 5.32 Å². The zero-order valence-electron chi connectivity index (χ0n) is 12.2. The molecule has 3 rings (SSSR count). The van der Waals surface area contributed by atoms with E-state index in [9.17, 15) is 0 Å². The molecule has 1 fully saturated rings. The van der Waals surface area contributed by atoms with Crippen LogP contribution in [0.3, 0.4) is 0 Å². The number of nitrogens with two attached hydrogens (primary N) is 1. The minimum absolute atomic E-state index is 0. The van der Waals surface area contributed by atoms with E-state index in [-0.39, 0.29) is 18.4 Å². The van der Waals surface area contributed by atoms with Crippen LogP contribution in [0.5, 0.6) is 0 Å². The number of halogens is 1. The highest BCUT2D eigenvalue weighted by atomic mass is 35.5. The van der Waals surface area contributed by atoms with E-state index >= 15 is 0 Å². The van der Waals surface area contributed by atoms with Crippen LogP contribution < -0.4 is 11.1 Å². The zero-order valence-corrected chi connectivity index (χ0v) is 13.0. The van der Waals surface area contributed by atoms with Crippen molar-refractivity contribution >= 4 is 18.2 Å². The SMILES string of the molecule is CC(C)Nc1ncccc1-c1nc(C2(N)CCC2)no1.Cl. The highest BCUT2D eigenvalue weighted by molar-refractivity contribution is 5.85. The summed E-state index contributed by atoms with van der Waals surface area (Å²) in [7, 11) is 0. The maximum absolute atomic E-state index is 6.22. The van der Waals surface area contributed by atoms with Crippen LogP contribution in [0, 0.1) is 0 Å². The summed E-state index contributed by atoms with van der Waals surface area (Å²) >= 11 is 0. The number of anilines is 1. The van der Waals surface area contributed by atoms with E-state index in [1.807, 2.05) is 12.1 Å². The molecular weight excluding hydrogens is 290 g/mol. The lowest BCUT2D eigenvalue weighted by molar-refractivity contribution is 0.229. The number of pyridine rings is 1. The molecule has 6 nitrogen and oxygen atoms in total. The van der Waals surface area contributed by atoms with Crippen LogP contribution in [0.1, 0.15) is 38.9 Å². The summed E-state index contributed by atoms with van der Waals surface area (Å²) in [5.74, 6) is 1.81. The molecule has 0 atom stereocenters. The number of nitrogens with zero attached hydrogens (tertiary/aromatic N) is 3. The van der Waals surface area contributed by atoms with Gasteiger partial charge in [-0.15, -0.1) is 12.4 Å². The number of nitrogens with one attached hydrogen (secondary N) is 1. The van der Waals surface area contributed by atoms with Crippen molar-refractivity contribution in [2.45, 2.75) is 44.7 Å². The molecule has 0 saturated heterocycles. The first-order valence-corrected chi connectivity index (χ1v) is 6.93. The van der Waals surface area contributed by atoms with Gasteiger partial charge in [-0.05, 0) is 45.2 Å². The molecule has 0 spiro atoms. The lowest BCUT2D eigenvalue weighted by atomic mass is 9.77. The van der Waals surface area contributed by atoms with Crippen molar-refractivity contribution in [2.24, 2.45) is 5.73 Å². The molecule has 1 aliphatic rings. The molecule has 0 bridgehead atoms. The van der Waals surface area contributed by atoms with Gasteiger partial charge in [-0.1, -0.05) is 5.16 Å². The molecule has 0 aliphatic heterocycles. The maximum atomic E-state index is 6.22. The van der Waals surface area contributed by atoms with E-state index in [2.05, 4.69) is 34.3 Å². The lowest BCUT2D eigenvalue weighted by Gasteiger charge is -2.34. The smallest absolute Gasteiger partial charge is 0.261 e. The Morgan fingerprint density at radius 1 is 1.38 bits per heavy atom. The molecule has 2 aromatic rings. The molecule has 2 heterocycles. The Balaban J connectivity index is 0.00000161. The summed E-state index contributed by atoms with van der Waals surface area (Å²) in [5.41, 5.74) is 6.62. The van der Waals surface area contributed by atoms with Gasteiger partial charge in [0.05, 0.1) is 11.1 Å². The van der Waals surface area contributed by atoms with E-state index in [0.717, 1.165) is 30.6 Å². The molecule has 7 heteroatoms. The fraction of sp³-hybridized carbons (Fsp3) is 0.500. The molecule has 1 aliphatic carbocycles. The predicted octanol–water partition coefficient (Wildman–Crippen LogP) is 2.71. The van der Waals surface area contributed by atoms with Gasteiger partial charge in [-0.3, -0.25) is 0 Å². The van der Waals surface area contributed by atoms with Gasteiger partial charge < -0.3 is 15.6 Å². The van der Waals surface area contributed by atoms with Gasteiger partial charge >= 0.3 is 0 Å². The van der Waals surface area contributed by atoms with Crippen LogP contribution in [0.4, 0.5) is 5.82 Å². The molecule has 0 unspecified atom stereocenters. The summed E-state index contributed by atoms with van der Waals surface area (Å²) in [4.78, 5) is 8.79. The minimum atomic E-state index is -0.407. The molecule has 21 heavy (non-hydrogen) atoms. The van der Waals surface area contributed by atoms with Crippen molar-refractivity contribution < 1.29 is 4.52 Å². The fourth-order valence-electron chi connectivity index (χ4n) is 2.28. The van der Waals surface area contributed by atoms with Gasteiger partial charge in [0.1, 0.15) is 5.82 Å². The summed E-state index contributed by atoms with van der Waals surface area (Å²) in [6.07, 6.45) is 4.68. The minimum Gasteiger partial charge on any atom is -0.367 e. The average molecular weight is 310 g/mol. The summed E-state index contributed by atoms with van der Waals surface area (Å²) in [6.45, 7) is 4.11. The third-order valence-corrected chi connectivity index (χ3v) is 3.58. The molecule has 0 aromatic carbocycles. The highest BCUT2D eigenvalue weighted by Crippen LogP contribution is 2.38. The van der Waals surface area contributed by atoms with Crippen molar-refractivity contribution in [3.8, 4) is 11.5 Å². The van der Waals surface area contributed by atoms with Crippen LogP contribution in [0.15, 0.2) is 22.9 Å². The van der Waals surface area contributed by atoms with Crippen LogP contribution in [-0.2, 0) is 5.54 Å². The standard InChI is InChI=1S/C14H19N5O.ClH/c1-9(2)17-11-10(5-3-8-16-11)12-18-13(19-20-12)14(15)6-4-7-14;/h3,5,8-9H,4,6-7,15H2,1-2H3,(H,16,17);1H. The number of hydrogen-bond acceptors (Lipinski definition) is 6. The normalized spacial score (nSPS) is 16.2. The maximum Gasteiger partial charge on any atom is 0.261 e. The molecule has 0 radical (unpaired) electrons. The van der Waals surface area contributed by atoms with E-state index in [1.165, 1.54) is 0 Å². The highest BCUT2D eigenvalue weighted by Gasteiger charge is 2.39. The topological polar surface area (TPSA) is 89.9 Å². The average Bonchev–Trinajstić information content (AvgIpc) is 2.85. The van der Waals surface area contributed by atoms with Crippen LogP contribution >= 0.6 is 12.4 Å². The molecule has 2 aromatic heterocycles. The second kappa shape index (κ2) is 5.99. The van der Waals surface area contributed by atoms with Gasteiger partial charge in [-0.2, -0.15) is 4.98 Å². The first-order chi connectivity index (χ1) is 9.58. The fourth-order valence-corrected chi connectivity index (χ4v) is 2.28. The van der Waals surface area contributed by atoms with Gasteiger partial charge in [0.15, 0.2) is 5.82 Å². The van der Waals surface area contributed by atoms with Crippen molar-refractivity contribution in [1.82, 2.24) is 15.1 Å². The third-order valence-electron chi connectivity index (χ3n) is 3.58. The monoisotopic (exact) mass is 309 g/mol. The van der Waals surface area contributed by atoms with Gasteiger partial charge in [-0.25, -0.2) is 4.98 Å². The Morgan fingerprint density at radius 3 is 2.76 bits per heavy atom. The molecule has 0 amide bonds. The third kappa shape index (κ3) is 3.01. The first-order valence-electron chi connectivity index (χ1n) is 6.93. The molecular formula is C14H20ClN5O. The number of hydrogen-bond donors (Lipinski definition) is 2. The largest absolute Gasteiger partial charge is 0.367 e. The Labute approximate surface area is 129 Å². The Bertz CT molecular complexity index is 609. The summed E-state index contributed by atoms with van der Waals surface area (Å²) in [5, 5.41) is 7.32. The van der Waals surface area contributed by atoms with Crippen LogP contribution in [-0.4, -0.2) is 21.2 Å². The van der Waals surface area contributed by atoms with Crippen molar-refractivity contribution in [3.05, 3.63) is 24.2 Å². The summed E-state index contributed by atoms with van der Waals surface area (Å²) < 4.78 is 5.37. The van der Waals surface area contributed by atoms with E-state index in [0.29, 0.717) is 11.7 Å². The van der Waals surface area contributed by atoms with Crippen molar-refractivity contribution in [1.29, 1.82) is 0 Å². The molecule has 1 saturated carbocycles. The van der Waals surface area contributed by atoms with E-state index in [4.69, 9.17) is 10.3 Å². The van der Waals surface area contributed by atoms with Gasteiger partial charge in [0.2, 0.25) is 0 Å². The second-order valence-electron chi connectivity index (χ2n) is 5.63. The van der Waals surface area contributed by atoms with Crippen LogP contribution in [0.25, 0.3) is 11.5 Å². The quantitative estimate of drug-likeness (QED) is 0.902. The van der Waals surface area contributed by atoms with Gasteiger partial charge in [0, 0.05) is 12.2 Å². The molecule has 3 N–H and O–H groups in total. The Hall–Kier alpha value is -1.66. The number of aromatic nitrogens is 3. The second-order valence-corrected chi connectivity index (χ2v) is 5.63. The lowest BCUT2D eigenvalue weighted by Crippen LogP contribution is -2.44.